The molecule has 108 valence electrons. The normalized spacial score (nSPS) is 13.3. The standard InChI is InChI=1S/C22H20/c1-3-16-12-20-10-15(2)11-21(22(20)13-16)19-9-8-17-6-4-5-7-18(17)14-19/h4-11,13-14H,3,12H2,1-2H3. The van der Waals surface area contributed by atoms with Crippen molar-refractivity contribution in [1.82, 2.24) is 0 Å². The molecule has 1 aliphatic carbocycles. The van der Waals surface area contributed by atoms with Gasteiger partial charge in [-0.1, -0.05) is 72.7 Å². The summed E-state index contributed by atoms with van der Waals surface area (Å²) in [6, 6.07) is 20.1. The number of hydrogen-bond donors (Lipinski definition) is 0. The topological polar surface area (TPSA) is 0 Å². The van der Waals surface area contributed by atoms with E-state index >= 15 is 0 Å². The number of aryl methyl sites for hydroxylation is 1. The van der Waals surface area contributed by atoms with Crippen LogP contribution in [0.4, 0.5) is 0 Å². The lowest BCUT2D eigenvalue weighted by Crippen LogP contribution is -1.90. The molecule has 22 heavy (non-hydrogen) atoms. The maximum Gasteiger partial charge on any atom is -0.00576 e. The molecule has 0 atom stereocenters. The van der Waals surface area contributed by atoms with Crippen molar-refractivity contribution in [1.29, 1.82) is 0 Å². The molecule has 0 bridgehead atoms. The van der Waals surface area contributed by atoms with Gasteiger partial charge in [0.15, 0.2) is 0 Å². The molecule has 4 rings (SSSR count). The van der Waals surface area contributed by atoms with Gasteiger partial charge in [-0.2, -0.15) is 0 Å². The van der Waals surface area contributed by atoms with E-state index in [9.17, 15) is 0 Å². The van der Waals surface area contributed by atoms with E-state index in [1.54, 1.807) is 5.57 Å². The molecule has 0 aromatic heterocycles. The minimum absolute atomic E-state index is 1.12. The molecule has 0 nitrogen and oxygen atoms in total. The summed E-state index contributed by atoms with van der Waals surface area (Å²) in [5.41, 5.74) is 8.52. The molecule has 0 spiro atoms. The summed E-state index contributed by atoms with van der Waals surface area (Å²) in [5, 5.41) is 2.62. The monoisotopic (exact) mass is 284 g/mol. The van der Waals surface area contributed by atoms with Gasteiger partial charge in [-0.15, -0.1) is 0 Å². The van der Waals surface area contributed by atoms with Crippen LogP contribution in [0.15, 0.2) is 60.2 Å². The van der Waals surface area contributed by atoms with Crippen LogP contribution < -0.4 is 0 Å². The Hall–Kier alpha value is -2.34. The van der Waals surface area contributed by atoms with Crippen LogP contribution in [0, 0.1) is 6.92 Å². The zero-order valence-electron chi connectivity index (χ0n) is 13.2. The van der Waals surface area contributed by atoms with Crippen molar-refractivity contribution in [2.24, 2.45) is 0 Å². The van der Waals surface area contributed by atoms with E-state index < -0.39 is 0 Å². The minimum Gasteiger partial charge on any atom is -0.0655 e. The second-order valence-corrected chi connectivity index (χ2v) is 6.28. The molecule has 3 aromatic rings. The molecule has 0 amide bonds. The second kappa shape index (κ2) is 5.14. The summed E-state index contributed by atoms with van der Waals surface area (Å²) in [5.74, 6) is 0. The smallest absolute Gasteiger partial charge is 0.00576 e. The van der Waals surface area contributed by atoms with Crippen LogP contribution in [0.3, 0.4) is 0 Å². The first-order valence-corrected chi connectivity index (χ1v) is 8.07. The molecule has 0 unspecified atom stereocenters. The molecule has 3 aromatic carbocycles. The van der Waals surface area contributed by atoms with E-state index in [1.165, 1.54) is 38.6 Å². The van der Waals surface area contributed by atoms with Crippen molar-refractivity contribution in [2.45, 2.75) is 26.7 Å². The first kappa shape index (κ1) is 13.3. The van der Waals surface area contributed by atoms with Crippen molar-refractivity contribution < 1.29 is 0 Å². The first-order valence-electron chi connectivity index (χ1n) is 8.07. The molecule has 0 fully saturated rings. The van der Waals surface area contributed by atoms with Gasteiger partial charge >= 0.3 is 0 Å². The number of allylic oxidation sites excluding steroid dienone is 1. The number of rotatable bonds is 2. The average molecular weight is 284 g/mol. The first-order chi connectivity index (χ1) is 10.7. The Balaban J connectivity index is 1.93. The Morgan fingerprint density at radius 3 is 2.55 bits per heavy atom. The van der Waals surface area contributed by atoms with E-state index in [0.29, 0.717) is 0 Å². The number of benzene rings is 3. The number of hydrogen-bond acceptors (Lipinski definition) is 0. The van der Waals surface area contributed by atoms with Gasteiger partial charge in [0.25, 0.3) is 0 Å². The molecule has 1 aliphatic rings. The lowest BCUT2D eigenvalue weighted by Gasteiger charge is -2.11. The SMILES string of the molecule is CCC1=Cc2c(cc(C)cc2-c2ccc3ccccc3c2)C1. The van der Waals surface area contributed by atoms with E-state index in [4.69, 9.17) is 0 Å². The van der Waals surface area contributed by atoms with Crippen LogP contribution in [-0.4, -0.2) is 0 Å². The van der Waals surface area contributed by atoms with Gasteiger partial charge in [-0.05, 0) is 58.9 Å². The van der Waals surface area contributed by atoms with Crippen LogP contribution in [0.1, 0.15) is 30.0 Å². The van der Waals surface area contributed by atoms with Crippen LogP contribution >= 0.6 is 0 Å². The highest BCUT2D eigenvalue weighted by Gasteiger charge is 2.16. The molecule has 0 saturated carbocycles. The fourth-order valence-electron chi connectivity index (χ4n) is 3.51. The molecule has 0 aliphatic heterocycles. The zero-order valence-corrected chi connectivity index (χ0v) is 13.2. The largest absolute Gasteiger partial charge is 0.0655 e. The van der Waals surface area contributed by atoms with Gasteiger partial charge < -0.3 is 0 Å². The van der Waals surface area contributed by atoms with Crippen molar-refractivity contribution in [2.75, 3.05) is 0 Å². The van der Waals surface area contributed by atoms with Crippen LogP contribution in [0.5, 0.6) is 0 Å². The highest BCUT2D eigenvalue weighted by molar-refractivity contribution is 5.90. The average Bonchev–Trinajstić information content (AvgIpc) is 2.96. The lowest BCUT2D eigenvalue weighted by molar-refractivity contribution is 1.04. The van der Waals surface area contributed by atoms with Crippen molar-refractivity contribution in [3.8, 4) is 11.1 Å². The summed E-state index contributed by atoms with van der Waals surface area (Å²) in [7, 11) is 0. The summed E-state index contributed by atoms with van der Waals surface area (Å²) in [6.45, 7) is 4.45. The minimum atomic E-state index is 1.12. The highest BCUT2D eigenvalue weighted by atomic mass is 14.2. The predicted molar refractivity (Wildman–Crippen MR) is 96.1 cm³/mol. The third kappa shape index (κ3) is 2.16. The molecular weight excluding hydrogens is 264 g/mol. The van der Waals surface area contributed by atoms with E-state index in [0.717, 1.165) is 12.8 Å². The van der Waals surface area contributed by atoms with Crippen molar-refractivity contribution in [3.63, 3.8) is 0 Å². The van der Waals surface area contributed by atoms with Crippen LogP contribution in [0.2, 0.25) is 0 Å². The van der Waals surface area contributed by atoms with E-state index in [1.807, 2.05) is 0 Å². The fourth-order valence-corrected chi connectivity index (χ4v) is 3.51. The third-order valence-electron chi connectivity index (χ3n) is 4.69. The Labute approximate surface area is 132 Å². The Bertz CT molecular complexity index is 897. The maximum absolute atomic E-state index is 2.40. The zero-order chi connectivity index (χ0) is 15.1. The van der Waals surface area contributed by atoms with Gasteiger partial charge in [0.05, 0.1) is 0 Å². The molecule has 0 saturated heterocycles. The third-order valence-corrected chi connectivity index (χ3v) is 4.69. The van der Waals surface area contributed by atoms with Crippen LogP contribution in [0.25, 0.3) is 28.0 Å². The summed E-state index contributed by atoms with van der Waals surface area (Å²) in [4.78, 5) is 0. The van der Waals surface area contributed by atoms with Gasteiger partial charge in [-0.25, -0.2) is 0 Å². The van der Waals surface area contributed by atoms with E-state index in [-0.39, 0.29) is 0 Å². The summed E-state index contributed by atoms with van der Waals surface area (Å²) in [6.07, 6.45) is 4.66. The van der Waals surface area contributed by atoms with Gasteiger partial charge in [0.2, 0.25) is 0 Å². The second-order valence-electron chi connectivity index (χ2n) is 6.28. The lowest BCUT2D eigenvalue weighted by atomic mass is 9.93. The van der Waals surface area contributed by atoms with Crippen molar-refractivity contribution >= 4 is 16.8 Å². The molecule has 0 N–H and O–H groups in total. The quantitative estimate of drug-likeness (QED) is 0.528. The van der Waals surface area contributed by atoms with E-state index in [2.05, 4.69) is 74.5 Å². The molecule has 0 heterocycles. The summed E-state index contributed by atoms with van der Waals surface area (Å²) >= 11 is 0. The fraction of sp³-hybridized carbons (Fsp3) is 0.182. The van der Waals surface area contributed by atoms with Gasteiger partial charge in [0.1, 0.15) is 0 Å². The van der Waals surface area contributed by atoms with Gasteiger partial charge in [0, 0.05) is 0 Å². The summed E-state index contributed by atoms with van der Waals surface area (Å²) < 4.78 is 0. The van der Waals surface area contributed by atoms with Crippen LogP contribution in [-0.2, 0) is 6.42 Å². The number of fused-ring (bicyclic) bond motifs is 2. The molecule has 0 heteroatoms. The Morgan fingerprint density at radius 1 is 0.909 bits per heavy atom. The molecular formula is C22H20. The Kier molecular flexibility index (Phi) is 3.11. The molecule has 0 radical (unpaired) electrons. The highest BCUT2D eigenvalue weighted by Crippen LogP contribution is 2.36. The van der Waals surface area contributed by atoms with Crippen molar-refractivity contribution in [3.05, 3.63) is 76.9 Å². The Morgan fingerprint density at radius 2 is 1.73 bits per heavy atom. The maximum atomic E-state index is 2.40. The van der Waals surface area contributed by atoms with Gasteiger partial charge in [-0.3, -0.25) is 0 Å². The predicted octanol–water partition coefficient (Wildman–Crippen LogP) is 6.16.